The number of methoxy groups -OCH3 is 1. The average molecular weight is 375 g/mol. The van der Waals surface area contributed by atoms with Crippen LogP contribution in [0.3, 0.4) is 0 Å². The number of anilines is 1. The minimum atomic E-state index is -0.946. The molecule has 3 aromatic carbocycles. The van der Waals surface area contributed by atoms with Crippen molar-refractivity contribution in [3.63, 3.8) is 0 Å². The van der Waals surface area contributed by atoms with E-state index in [1.165, 1.54) is 0 Å². The second-order valence-electron chi connectivity index (χ2n) is 6.18. The zero-order valence-corrected chi connectivity index (χ0v) is 15.7. The highest BCUT2D eigenvalue weighted by Gasteiger charge is 2.20. The molecule has 0 heterocycles. The van der Waals surface area contributed by atoms with Crippen molar-refractivity contribution in [2.75, 3.05) is 12.4 Å². The quantitative estimate of drug-likeness (QED) is 0.642. The van der Waals surface area contributed by atoms with E-state index in [0.29, 0.717) is 17.0 Å². The fourth-order valence-electron chi connectivity index (χ4n) is 2.71. The highest BCUT2D eigenvalue weighted by atomic mass is 16.5. The molecule has 3 rings (SSSR count). The molecule has 0 saturated heterocycles. The van der Waals surface area contributed by atoms with Crippen molar-refractivity contribution < 1.29 is 19.1 Å². The molecule has 1 N–H and O–H groups in total. The summed E-state index contributed by atoms with van der Waals surface area (Å²) in [6, 6.07) is 23.8. The second kappa shape index (κ2) is 8.86. The molecule has 0 spiro atoms. The van der Waals surface area contributed by atoms with Crippen molar-refractivity contribution in [3.05, 3.63) is 84.4 Å². The molecule has 142 valence electrons. The molecule has 0 bridgehead atoms. The Morgan fingerprint density at radius 3 is 2.18 bits per heavy atom. The number of carbonyl (C=O) groups is 2. The number of rotatable bonds is 6. The maximum absolute atomic E-state index is 12.6. The lowest BCUT2D eigenvalue weighted by atomic mass is 10.0. The van der Waals surface area contributed by atoms with Gasteiger partial charge in [0.25, 0.3) is 5.91 Å². The van der Waals surface area contributed by atoms with Crippen LogP contribution in [0, 0.1) is 0 Å². The van der Waals surface area contributed by atoms with E-state index in [9.17, 15) is 9.59 Å². The van der Waals surface area contributed by atoms with E-state index in [1.807, 2.05) is 54.6 Å². The number of carbonyl (C=O) groups excluding carboxylic acids is 2. The average Bonchev–Trinajstić information content (AvgIpc) is 2.74. The summed E-state index contributed by atoms with van der Waals surface area (Å²) in [4.78, 5) is 24.8. The first kappa shape index (κ1) is 19.2. The highest BCUT2D eigenvalue weighted by Crippen LogP contribution is 2.27. The van der Waals surface area contributed by atoms with Crippen LogP contribution in [0.15, 0.2) is 78.9 Å². The predicted molar refractivity (Wildman–Crippen MR) is 108 cm³/mol. The maximum Gasteiger partial charge on any atom is 0.338 e. The molecule has 5 nitrogen and oxygen atoms in total. The van der Waals surface area contributed by atoms with Gasteiger partial charge < -0.3 is 14.8 Å². The third-order valence-corrected chi connectivity index (χ3v) is 4.25. The van der Waals surface area contributed by atoms with Crippen LogP contribution in [-0.4, -0.2) is 25.1 Å². The number of hydrogen-bond donors (Lipinski definition) is 1. The van der Waals surface area contributed by atoms with Crippen LogP contribution in [-0.2, 0) is 9.53 Å². The Balaban J connectivity index is 1.68. The van der Waals surface area contributed by atoms with E-state index in [0.717, 1.165) is 11.1 Å². The third kappa shape index (κ3) is 4.57. The van der Waals surface area contributed by atoms with Gasteiger partial charge in [-0.3, -0.25) is 4.79 Å². The fraction of sp³-hybridized carbons (Fsp3) is 0.130. The highest BCUT2D eigenvalue weighted by molar-refractivity contribution is 5.99. The van der Waals surface area contributed by atoms with Gasteiger partial charge in [-0.1, -0.05) is 48.5 Å². The third-order valence-electron chi connectivity index (χ3n) is 4.25. The number of nitrogens with one attached hydrogen (secondary N) is 1. The number of amides is 1. The Kier molecular flexibility index (Phi) is 6.07. The first-order valence-corrected chi connectivity index (χ1v) is 8.89. The van der Waals surface area contributed by atoms with Gasteiger partial charge in [-0.25, -0.2) is 4.79 Å². The Morgan fingerprint density at radius 1 is 0.857 bits per heavy atom. The van der Waals surface area contributed by atoms with E-state index in [1.54, 1.807) is 38.3 Å². The van der Waals surface area contributed by atoms with Gasteiger partial charge in [0.1, 0.15) is 5.75 Å². The molecule has 0 saturated carbocycles. The molecule has 0 radical (unpaired) electrons. The van der Waals surface area contributed by atoms with Crippen molar-refractivity contribution >= 4 is 17.6 Å². The smallest absolute Gasteiger partial charge is 0.338 e. The van der Waals surface area contributed by atoms with Gasteiger partial charge in [-0.2, -0.15) is 0 Å². The summed E-state index contributed by atoms with van der Waals surface area (Å²) < 4.78 is 10.4. The van der Waals surface area contributed by atoms with E-state index in [2.05, 4.69) is 5.32 Å². The van der Waals surface area contributed by atoms with Crippen LogP contribution >= 0.6 is 0 Å². The lowest BCUT2D eigenvalue weighted by molar-refractivity contribution is -0.123. The number of para-hydroxylation sites is 1. The van der Waals surface area contributed by atoms with E-state index in [-0.39, 0.29) is 0 Å². The van der Waals surface area contributed by atoms with Crippen molar-refractivity contribution in [3.8, 4) is 16.9 Å². The first-order valence-electron chi connectivity index (χ1n) is 8.89. The summed E-state index contributed by atoms with van der Waals surface area (Å²) >= 11 is 0. The predicted octanol–water partition coefficient (Wildman–Crippen LogP) is 4.55. The number of hydrogen-bond acceptors (Lipinski definition) is 4. The van der Waals surface area contributed by atoms with Crippen LogP contribution in [0.1, 0.15) is 17.3 Å². The van der Waals surface area contributed by atoms with Gasteiger partial charge in [0.2, 0.25) is 0 Å². The topological polar surface area (TPSA) is 64.6 Å². The fourth-order valence-corrected chi connectivity index (χ4v) is 2.71. The molecule has 28 heavy (non-hydrogen) atoms. The van der Waals surface area contributed by atoms with E-state index in [4.69, 9.17) is 9.47 Å². The molecular weight excluding hydrogens is 354 g/mol. The second-order valence-corrected chi connectivity index (χ2v) is 6.18. The summed E-state index contributed by atoms with van der Waals surface area (Å²) in [5.74, 6) is -0.327. The van der Waals surface area contributed by atoms with Crippen LogP contribution in [0.5, 0.6) is 5.75 Å². The summed E-state index contributed by atoms with van der Waals surface area (Å²) in [5.41, 5.74) is 2.89. The Bertz CT molecular complexity index is 952. The maximum atomic E-state index is 12.6. The zero-order valence-electron chi connectivity index (χ0n) is 15.7. The molecule has 0 aliphatic heterocycles. The summed E-state index contributed by atoms with van der Waals surface area (Å²) in [7, 11) is 1.55. The Hall–Kier alpha value is -3.60. The van der Waals surface area contributed by atoms with Gasteiger partial charge >= 0.3 is 5.97 Å². The molecule has 3 aromatic rings. The largest absolute Gasteiger partial charge is 0.497 e. The van der Waals surface area contributed by atoms with Gasteiger partial charge in [0, 0.05) is 11.3 Å². The first-order chi connectivity index (χ1) is 13.6. The van der Waals surface area contributed by atoms with Crippen molar-refractivity contribution in [2.24, 2.45) is 0 Å². The van der Waals surface area contributed by atoms with Crippen molar-refractivity contribution in [1.29, 1.82) is 0 Å². The van der Waals surface area contributed by atoms with Crippen molar-refractivity contribution in [2.45, 2.75) is 13.0 Å². The molecule has 5 heteroatoms. The Morgan fingerprint density at radius 2 is 1.50 bits per heavy atom. The summed E-state index contributed by atoms with van der Waals surface area (Å²) in [6.07, 6.45) is -0.946. The summed E-state index contributed by atoms with van der Waals surface area (Å²) in [5, 5.41) is 2.85. The standard InChI is InChI=1S/C23H21NO4/c1-16(28-23(26)18-12-14-19(27-2)15-13-18)22(25)24-21-11-7-6-10-20(21)17-8-4-3-5-9-17/h3-16H,1-2H3,(H,24,25)/t16-/m1/s1. The molecule has 0 aromatic heterocycles. The normalized spacial score (nSPS) is 11.4. The number of benzene rings is 3. The molecule has 1 atom stereocenters. The van der Waals surface area contributed by atoms with Gasteiger partial charge in [0.05, 0.1) is 12.7 Å². The summed E-state index contributed by atoms with van der Waals surface area (Å²) in [6.45, 7) is 1.54. The monoisotopic (exact) mass is 375 g/mol. The minimum Gasteiger partial charge on any atom is -0.497 e. The zero-order chi connectivity index (χ0) is 19.9. The van der Waals surface area contributed by atoms with Gasteiger partial charge in [0.15, 0.2) is 6.10 Å². The van der Waals surface area contributed by atoms with E-state index >= 15 is 0 Å². The molecule has 0 fully saturated rings. The number of ether oxygens (including phenoxy) is 2. The van der Waals surface area contributed by atoms with Crippen LogP contribution < -0.4 is 10.1 Å². The molecular formula is C23H21NO4. The molecule has 1 amide bonds. The lowest BCUT2D eigenvalue weighted by Crippen LogP contribution is -2.30. The van der Waals surface area contributed by atoms with Crippen LogP contribution in [0.25, 0.3) is 11.1 Å². The lowest BCUT2D eigenvalue weighted by Gasteiger charge is -2.16. The van der Waals surface area contributed by atoms with Crippen LogP contribution in [0.2, 0.25) is 0 Å². The van der Waals surface area contributed by atoms with Gasteiger partial charge in [-0.05, 0) is 42.8 Å². The minimum absolute atomic E-state index is 0.352. The van der Waals surface area contributed by atoms with Gasteiger partial charge in [-0.15, -0.1) is 0 Å². The molecule has 0 aliphatic carbocycles. The molecule has 0 unspecified atom stereocenters. The molecule has 0 aliphatic rings. The number of esters is 1. The van der Waals surface area contributed by atoms with E-state index < -0.39 is 18.0 Å². The SMILES string of the molecule is COc1ccc(C(=O)O[C@H](C)C(=O)Nc2ccccc2-c2ccccc2)cc1. The Labute approximate surface area is 163 Å². The van der Waals surface area contributed by atoms with Crippen molar-refractivity contribution in [1.82, 2.24) is 0 Å². The van der Waals surface area contributed by atoms with Crippen LogP contribution in [0.4, 0.5) is 5.69 Å².